The number of quaternary nitrogens is 1. The van der Waals surface area contributed by atoms with Crippen LogP contribution in [0.1, 0.15) is 51.9 Å². The zero-order valence-electron chi connectivity index (χ0n) is 11.3. The molecule has 1 atom stereocenters. The summed E-state index contributed by atoms with van der Waals surface area (Å²) in [6, 6.07) is 0. The molecule has 1 heterocycles. The summed E-state index contributed by atoms with van der Waals surface area (Å²) in [7, 11) is 1.78. The van der Waals surface area contributed by atoms with Gasteiger partial charge in [0.15, 0.2) is 5.54 Å². The predicted molar refractivity (Wildman–Crippen MR) is 69.1 cm³/mol. The molecule has 2 fully saturated rings. The van der Waals surface area contributed by atoms with Crippen molar-refractivity contribution in [3.63, 3.8) is 0 Å². The maximum absolute atomic E-state index is 12.3. The normalized spacial score (nSPS) is 32.4. The van der Waals surface area contributed by atoms with Crippen LogP contribution in [0.5, 0.6) is 0 Å². The lowest BCUT2D eigenvalue weighted by Gasteiger charge is -2.62. The highest BCUT2D eigenvalue weighted by molar-refractivity contribution is 5.85. The summed E-state index contributed by atoms with van der Waals surface area (Å²) < 4.78 is 0.937. The van der Waals surface area contributed by atoms with Gasteiger partial charge in [0.1, 0.15) is 0 Å². The Morgan fingerprint density at radius 1 is 1.29 bits per heavy atom. The molecule has 0 aromatic rings. The zero-order valence-corrected chi connectivity index (χ0v) is 11.3. The van der Waals surface area contributed by atoms with Crippen LogP contribution in [0.2, 0.25) is 0 Å². The molecule has 1 N–H and O–H groups in total. The second kappa shape index (κ2) is 4.97. The number of carbonyl (C=O) groups excluding carboxylic acids is 1. The van der Waals surface area contributed by atoms with Crippen molar-refractivity contribution < 1.29 is 9.28 Å². The van der Waals surface area contributed by atoms with Gasteiger partial charge in [-0.1, -0.05) is 12.8 Å². The quantitative estimate of drug-likeness (QED) is 0.593. The van der Waals surface area contributed by atoms with E-state index in [9.17, 15) is 4.79 Å². The van der Waals surface area contributed by atoms with Crippen LogP contribution in [-0.4, -0.2) is 36.1 Å². The number of carbonyl (C=O) groups is 1. The molecule has 0 bridgehead atoms. The summed E-state index contributed by atoms with van der Waals surface area (Å²) in [5.74, 6) is 0.267. The molecular weight excluding hydrogens is 212 g/mol. The number of likely N-dealkylation sites (N-methyl/N-ethyl adjacent to an activating group) is 2. The van der Waals surface area contributed by atoms with Crippen molar-refractivity contribution in [1.82, 2.24) is 5.32 Å². The molecule has 0 aromatic heterocycles. The molecule has 1 amide bonds. The number of nitrogens with one attached hydrogen (secondary N) is 1. The first-order valence-corrected chi connectivity index (χ1v) is 7.14. The third kappa shape index (κ3) is 1.88. The first-order chi connectivity index (χ1) is 8.21. The first-order valence-electron chi connectivity index (χ1n) is 7.14. The summed E-state index contributed by atoms with van der Waals surface area (Å²) >= 11 is 0. The number of likely N-dealkylation sites (tertiary alicyclic amines) is 1. The molecule has 1 aliphatic heterocycles. The molecule has 1 saturated heterocycles. The van der Waals surface area contributed by atoms with Crippen LogP contribution in [0.15, 0.2) is 0 Å². The predicted octanol–water partition coefficient (Wildman–Crippen LogP) is 2.23. The standard InChI is InChI=1S/C14H26N2O/c1-3-16(11-6-4-5-7-12-16)14(9-8-10-14)13(17)15-2/h11H,3-10,12H2,1-2H3,(H,15,17). The molecule has 0 aromatic carbocycles. The number of nitrogens with zero attached hydrogens (tertiary/aromatic N) is 1. The Morgan fingerprint density at radius 2 is 2.06 bits per heavy atom. The molecule has 0 radical (unpaired) electrons. The summed E-state index contributed by atoms with van der Waals surface area (Å²) in [5.41, 5.74) is -0.131. The fourth-order valence-electron chi connectivity index (χ4n) is 3.74. The third-order valence-corrected chi connectivity index (χ3v) is 4.99. The third-order valence-electron chi connectivity index (χ3n) is 4.99. The van der Waals surface area contributed by atoms with E-state index in [-0.39, 0.29) is 11.4 Å². The fraction of sp³-hybridized carbons (Fsp3) is 0.857. The minimum absolute atomic E-state index is 0.131. The van der Waals surface area contributed by atoms with E-state index in [1.54, 1.807) is 7.05 Å². The topological polar surface area (TPSA) is 29.1 Å². The van der Waals surface area contributed by atoms with Gasteiger partial charge in [-0.25, -0.2) is 0 Å². The van der Waals surface area contributed by atoms with Gasteiger partial charge in [-0.05, 0) is 19.8 Å². The minimum atomic E-state index is -0.131. The second-order valence-corrected chi connectivity index (χ2v) is 5.57. The molecule has 1 saturated carbocycles. The van der Waals surface area contributed by atoms with Crippen LogP contribution >= 0.6 is 0 Å². The van der Waals surface area contributed by atoms with Crippen LogP contribution in [0, 0.1) is 6.54 Å². The van der Waals surface area contributed by atoms with Crippen molar-refractivity contribution in [2.24, 2.45) is 0 Å². The van der Waals surface area contributed by atoms with E-state index in [1.807, 2.05) is 0 Å². The van der Waals surface area contributed by atoms with Gasteiger partial charge in [0.05, 0.1) is 13.1 Å². The van der Waals surface area contributed by atoms with E-state index in [2.05, 4.69) is 18.8 Å². The lowest BCUT2D eigenvalue weighted by Crippen LogP contribution is -2.72. The largest absolute Gasteiger partial charge is 0.442 e. The van der Waals surface area contributed by atoms with Crippen molar-refractivity contribution >= 4 is 5.91 Å². The highest BCUT2D eigenvalue weighted by Gasteiger charge is 2.55. The second-order valence-electron chi connectivity index (χ2n) is 5.57. The number of hydrogen-bond donors (Lipinski definition) is 1. The Morgan fingerprint density at radius 3 is 2.59 bits per heavy atom. The summed E-state index contributed by atoms with van der Waals surface area (Å²) in [5, 5.41) is 2.91. The highest BCUT2D eigenvalue weighted by atomic mass is 16.2. The SMILES string of the molecule is CC[N+]1(C2(C(=O)NC)CCC2)[CH-]CCCCC1. The molecule has 0 spiro atoms. The van der Waals surface area contributed by atoms with E-state index in [4.69, 9.17) is 0 Å². The van der Waals surface area contributed by atoms with Crippen molar-refractivity contribution in [2.75, 3.05) is 20.1 Å². The molecule has 17 heavy (non-hydrogen) atoms. The molecule has 2 aliphatic rings. The maximum atomic E-state index is 12.3. The minimum Gasteiger partial charge on any atom is -0.442 e. The number of amides is 1. The van der Waals surface area contributed by atoms with Crippen LogP contribution in [0.3, 0.4) is 0 Å². The van der Waals surface area contributed by atoms with Crippen LogP contribution < -0.4 is 5.32 Å². The number of rotatable bonds is 3. The van der Waals surface area contributed by atoms with Crippen molar-refractivity contribution in [3.05, 3.63) is 6.54 Å². The van der Waals surface area contributed by atoms with E-state index in [1.165, 1.54) is 32.1 Å². The Kier molecular flexibility index (Phi) is 3.76. The van der Waals surface area contributed by atoms with Crippen LogP contribution in [0.25, 0.3) is 0 Å². The maximum Gasteiger partial charge on any atom is 0.278 e. The Hall–Kier alpha value is -0.570. The van der Waals surface area contributed by atoms with Gasteiger partial charge in [-0.3, -0.25) is 4.79 Å². The lowest BCUT2D eigenvalue weighted by molar-refractivity contribution is -0.944. The smallest absolute Gasteiger partial charge is 0.278 e. The molecule has 2 rings (SSSR count). The molecule has 98 valence electrons. The highest BCUT2D eigenvalue weighted by Crippen LogP contribution is 2.46. The van der Waals surface area contributed by atoms with Crippen molar-refractivity contribution in [1.29, 1.82) is 0 Å². The van der Waals surface area contributed by atoms with Gasteiger partial charge >= 0.3 is 0 Å². The summed E-state index contributed by atoms with van der Waals surface area (Å²) in [4.78, 5) is 12.3. The van der Waals surface area contributed by atoms with E-state index >= 15 is 0 Å². The molecule has 3 nitrogen and oxygen atoms in total. The summed E-state index contributed by atoms with van der Waals surface area (Å²) in [6.07, 6.45) is 8.40. The van der Waals surface area contributed by atoms with Gasteiger partial charge in [-0.15, -0.1) is 13.0 Å². The van der Waals surface area contributed by atoms with Crippen molar-refractivity contribution in [3.8, 4) is 0 Å². The van der Waals surface area contributed by atoms with Crippen LogP contribution in [0.4, 0.5) is 0 Å². The molecule has 1 unspecified atom stereocenters. The van der Waals surface area contributed by atoms with E-state index in [0.29, 0.717) is 0 Å². The lowest BCUT2D eigenvalue weighted by atomic mass is 9.72. The summed E-state index contributed by atoms with van der Waals surface area (Å²) in [6.45, 7) is 6.91. The van der Waals surface area contributed by atoms with Gasteiger partial charge in [0.2, 0.25) is 0 Å². The Bertz CT molecular complexity index is 276. The first kappa shape index (κ1) is 12.9. The van der Waals surface area contributed by atoms with Gasteiger partial charge < -0.3 is 9.80 Å². The fourth-order valence-corrected chi connectivity index (χ4v) is 3.74. The van der Waals surface area contributed by atoms with E-state index in [0.717, 1.165) is 30.4 Å². The Labute approximate surface area is 105 Å². The average molecular weight is 238 g/mol. The Balaban J connectivity index is 2.27. The van der Waals surface area contributed by atoms with Crippen molar-refractivity contribution in [2.45, 2.75) is 57.4 Å². The van der Waals surface area contributed by atoms with Crippen LogP contribution in [-0.2, 0) is 4.79 Å². The zero-order chi connectivity index (χ0) is 12.4. The van der Waals surface area contributed by atoms with Gasteiger partial charge in [-0.2, -0.15) is 0 Å². The van der Waals surface area contributed by atoms with Gasteiger partial charge in [0.25, 0.3) is 5.91 Å². The van der Waals surface area contributed by atoms with Gasteiger partial charge in [0, 0.05) is 19.9 Å². The number of hydrogen-bond acceptors (Lipinski definition) is 1. The average Bonchev–Trinajstić information content (AvgIpc) is 2.54. The molecular formula is C14H26N2O. The van der Waals surface area contributed by atoms with E-state index < -0.39 is 0 Å². The molecule has 1 aliphatic carbocycles. The monoisotopic (exact) mass is 238 g/mol. The molecule has 3 heteroatoms.